The monoisotopic (exact) mass is 360 g/mol. The van der Waals surface area contributed by atoms with Gasteiger partial charge in [0.2, 0.25) is 0 Å². The summed E-state index contributed by atoms with van der Waals surface area (Å²) in [6.07, 6.45) is 4.00. The molecule has 2 heterocycles. The maximum absolute atomic E-state index is 12.3. The number of hydrogen-bond donors (Lipinski definition) is 1. The van der Waals surface area contributed by atoms with Crippen molar-refractivity contribution in [3.63, 3.8) is 0 Å². The third-order valence-electron chi connectivity index (χ3n) is 4.48. The SMILES string of the molecule is O=C(NCc1ccc(Cn2cccn2)cc1)C1=NOC(c2ccccc2)C1. The summed E-state index contributed by atoms with van der Waals surface area (Å²) >= 11 is 0. The summed E-state index contributed by atoms with van der Waals surface area (Å²) in [7, 11) is 0. The van der Waals surface area contributed by atoms with Crippen molar-refractivity contribution in [3.8, 4) is 0 Å². The van der Waals surface area contributed by atoms with Crippen molar-refractivity contribution in [2.24, 2.45) is 5.16 Å². The van der Waals surface area contributed by atoms with E-state index in [1.165, 1.54) is 0 Å². The minimum absolute atomic E-state index is 0.186. The van der Waals surface area contributed by atoms with Gasteiger partial charge in [-0.3, -0.25) is 9.48 Å². The molecule has 0 radical (unpaired) electrons. The van der Waals surface area contributed by atoms with Crippen LogP contribution in [0.1, 0.15) is 29.2 Å². The smallest absolute Gasteiger partial charge is 0.269 e. The first-order valence-electron chi connectivity index (χ1n) is 8.89. The Morgan fingerprint density at radius 3 is 2.59 bits per heavy atom. The zero-order valence-corrected chi connectivity index (χ0v) is 14.8. The van der Waals surface area contributed by atoms with Gasteiger partial charge >= 0.3 is 0 Å². The van der Waals surface area contributed by atoms with Crippen molar-refractivity contribution in [1.82, 2.24) is 15.1 Å². The summed E-state index contributed by atoms with van der Waals surface area (Å²) in [6.45, 7) is 1.19. The van der Waals surface area contributed by atoms with Gasteiger partial charge in [0.15, 0.2) is 6.10 Å². The Morgan fingerprint density at radius 1 is 1.07 bits per heavy atom. The predicted molar refractivity (Wildman–Crippen MR) is 102 cm³/mol. The Labute approximate surface area is 157 Å². The fourth-order valence-corrected chi connectivity index (χ4v) is 2.99. The Balaban J connectivity index is 1.28. The molecule has 0 spiro atoms. The summed E-state index contributed by atoms with van der Waals surface area (Å²) in [5.74, 6) is -0.186. The number of oxime groups is 1. The summed E-state index contributed by atoms with van der Waals surface area (Å²) < 4.78 is 1.87. The molecule has 6 nitrogen and oxygen atoms in total. The largest absolute Gasteiger partial charge is 0.387 e. The summed E-state index contributed by atoms with van der Waals surface area (Å²) in [6, 6.07) is 19.8. The van der Waals surface area contributed by atoms with Gasteiger partial charge in [0.25, 0.3) is 5.91 Å². The fourth-order valence-electron chi connectivity index (χ4n) is 2.99. The van der Waals surface area contributed by atoms with Crippen molar-refractivity contribution in [2.75, 3.05) is 0 Å². The molecule has 0 saturated heterocycles. The van der Waals surface area contributed by atoms with E-state index in [2.05, 4.69) is 15.6 Å². The van der Waals surface area contributed by atoms with E-state index in [1.54, 1.807) is 6.20 Å². The Kier molecular flexibility index (Phi) is 4.96. The third-order valence-corrected chi connectivity index (χ3v) is 4.48. The van der Waals surface area contributed by atoms with Gasteiger partial charge in [0.05, 0.1) is 6.54 Å². The van der Waals surface area contributed by atoms with Crippen LogP contribution in [0.25, 0.3) is 0 Å². The third kappa shape index (κ3) is 4.23. The number of carbonyl (C=O) groups excluding carboxylic acids is 1. The van der Waals surface area contributed by atoms with Crippen LogP contribution >= 0.6 is 0 Å². The quantitative estimate of drug-likeness (QED) is 0.734. The van der Waals surface area contributed by atoms with E-state index in [0.29, 0.717) is 18.7 Å². The van der Waals surface area contributed by atoms with Crippen molar-refractivity contribution >= 4 is 11.6 Å². The second kappa shape index (κ2) is 7.86. The molecule has 136 valence electrons. The van der Waals surface area contributed by atoms with Gasteiger partial charge in [-0.2, -0.15) is 5.10 Å². The lowest BCUT2D eigenvalue weighted by molar-refractivity contribution is -0.115. The molecule has 0 saturated carbocycles. The van der Waals surface area contributed by atoms with Crippen LogP contribution < -0.4 is 5.32 Å². The highest BCUT2D eigenvalue weighted by Crippen LogP contribution is 2.26. The zero-order valence-electron chi connectivity index (χ0n) is 14.8. The van der Waals surface area contributed by atoms with E-state index >= 15 is 0 Å². The predicted octanol–water partition coefficient (Wildman–Crippen LogP) is 3.07. The van der Waals surface area contributed by atoms with Gasteiger partial charge in [0, 0.05) is 25.4 Å². The lowest BCUT2D eigenvalue weighted by atomic mass is 10.0. The van der Waals surface area contributed by atoms with Gasteiger partial charge < -0.3 is 10.2 Å². The van der Waals surface area contributed by atoms with E-state index < -0.39 is 0 Å². The Morgan fingerprint density at radius 2 is 1.85 bits per heavy atom. The molecule has 4 rings (SSSR count). The second-order valence-electron chi connectivity index (χ2n) is 6.45. The lowest BCUT2D eigenvalue weighted by Crippen LogP contribution is -2.29. The molecule has 1 amide bonds. The first-order valence-corrected chi connectivity index (χ1v) is 8.89. The van der Waals surface area contributed by atoms with Crippen LogP contribution in [0.5, 0.6) is 0 Å². The average molecular weight is 360 g/mol. The van der Waals surface area contributed by atoms with E-state index in [-0.39, 0.29) is 12.0 Å². The maximum atomic E-state index is 12.3. The number of nitrogens with one attached hydrogen (secondary N) is 1. The molecule has 0 aliphatic carbocycles. The van der Waals surface area contributed by atoms with Crippen LogP contribution in [0.3, 0.4) is 0 Å². The number of hydrogen-bond acceptors (Lipinski definition) is 4. The molecule has 1 aliphatic rings. The van der Waals surface area contributed by atoms with Crippen molar-refractivity contribution in [2.45, 2.75) is 25.6 Å². The molecule has 2 aromatic carbocycles. The van der Waals surface area contributed by atoms with Crippen LogP contribution in [-0.4, -0.2) is 21.4 Å². The maximum Gasteiger partial charge on any atom is 0.269 e. The Hall–Kier alpha value is -3.41. The molecule has 27 heavy (non-hydrogen) atoms. The standard InChI is InChI=1S/C21H20N4O2/c26-21(19-13-20(27-24-19)18-5-2-1-3-6-18)22-14-16-7-9-17(10-8-16)15-25-12-4-11-23-25/h1-12,20H,13-15H2,(H,22,26). The van der Waals surface area contributed by atoms with Crippen molar-refractivity contribution in [3.05, 3.63) is 89.7 Å². The van der Waals surface area contributed by atoms with Crippen molar-refractivity contribution in [1.29, 1.82) is 0 Å². The highest BCUT2D eigenvalue weighted by Gasteiger charge is 2.26. The number of carbonyl (C=O) groups is 1. The molecule has 6 heteroatoms. The van der Waals surface area contributed by atoms with Crippen LogP contribution in [-0.2, 0) is 22.7 Å². The number of rotatable bonds is 6. The molecular formula is C21H20N4O2. The average Bonchev–Trinajstić information content (AvgIpc) is 3.40. The first-order chi connectivity index (χ1) is 13.3. The topological polar surface area (TPSA) is 68.5 Å². The van der Waals surface area contributed by atoms with Crippen LogP contribution in [0, 0.1) is 0 Å². The normalized spacial score (nSPS) is 15.9. The fraction of sp³-hybridized carbons (Fsp3) is 0.190. The molecule has 1 atom stereocenters. The van der Waals surface area contributed by atoms with Crippen LogP contribution in [0.4, 0.5) is 0 Å². The van der Waals surface area contributed by atoms with Gasteiger partial charge in [-0.25, -0.2) is 0 Å². The number of nitrogens with zero attached hydrogens (tertiary/aromatic N) is 3. The minimum Gasteiger partial charge on any atom is -0.387 e. The van der Waals surface area contributed by atoms with Crippen LogP contribution in [0.2, 0.25) is 0 Å². The van der Waals surface area contributed by atoms with Gasteiger partial charge in [-0.05, 0) is 22.8 Å². The van der Waals surface area contributed by atoms with E-state index in [0.717, 1.165) is 23.2 Å². The first kappa shape index (κ1) is 17.0. The highest BCUT2D eigenvalue weighted by molar-refractivity contribution is 6.39. The molecular weight excluding hydrogens is 340 g/mol. The summed E-state index contributed by atoms with van der Waals surface area (Å²) in [4.78, 5) is 17.7. The van der Waals surface area contributed by atoms with Gasteiger partial charge in [0.1, 0.15) is 5.71 Å². The minimum atomic E-state index is -0.187. The zero-order chi connectivity index (χ0) is 18.5. The summed E-state index contributed by atoms with van der Waals surface area (Å²) in [5.41, 5.74) is 3.65. The van der Waals surface area contributed by atoms with Crippen LogP contribution in [0.15, 0.2) is 78.2 Å². The molecule has 1 unspecified atom stereocenters. The van der Waals surface area contributed by atoms with Gasteiger partial charge in [-0.15, -0.1) is 0 Å². The molecule has 1 aliphatic heterocycles. The molecule has 1 aromatic heterocycles. The number of amides is 1. The lowest BCUT2D eigenvalue weighted by Gasteiger charge is -2.08. The molecule has 1 N–H and O–H groups in total. The second-order valence-corrected chi connectivity index (χ2v) is 6.45. The number of aromatic nitrogens is 2. The van der Waals surface area contributed by atoms with E-state index in [9.17, 15) is 4.79 Å². The molecule has 0 bridgehead atoms. The van der Waals surface area contributed by atoms with Crippen molar-refractivity contribution < 1.29 is 9.63 Å². The van der Waals surface area contributed by atoms with Gasteiger partial charge in [-0.1, -0.05) is 59.8 Å². The molecule has 3 aromatic rings. The van der Waals surface area contributed by atoms with E-state index in [4.69, 9.17) is 4.84 Å². The summed E-state index contributed by atoms with van der Waals surface area (Å²) in [5, 5.41) is 11.1. The Bertz CT molecular complexity index is 919. The highest BCUT2D eigenvalue weighted by atomic mass is 16.6. The van der Waals surface area contributed by atoms with E-state index in [1.807, 2.05) is 71.5 Å². The molecule has 0 fully saturated rings. The number of benzene rings is 2.